The Morgan fingerprint density at radius 2 is 2.06 bits per heavy atom. The molecule has 154 valence electrons. The number of esters is 1. The van der Waals surface area contributed by atoms with Crippen LogP contribution in [0.5, 0.6) is 0 Å². The Labute approximate surface area is 180 Å². The summed E-state index contributed by atoms with van der Waals surface area (Å²) >= 11 is 1.12. The Balaban J connectivity index is 2.10. The maximum atomic E-state index is 13.2. The largest absolute Gasteiger partial charge is 0.463 e. The Bertz CT molecular complexity index is 1400. The fourth-order valence-electron chi connectivity index (χ4n) is 3.45. The first kappa shape index (κ1) is 20.3. The SMILES string of the molecule is CCOC(=O)C1=c2sc(=Cc3cccnc3)c(=O)n2C(N)=C(C#N)[C@H]1c1cccnc1. The summed E-state index contributed by atoms with van der Waals surface area (Å²) in [5.41, 5.74) is 7.49. The van der Waals surface area contributed by atoms with Crippen LogP contribution in [0.25, 0.3) is 17.5 Å². The number of carbonyl (C=O) groups excluding carboxylic acids is 1. The number of thiazole rings is 1. The van der Waals surface area contributed by atoms with Gasteiger partial charge in [-0.3, -0.25) is 19.3 Å². The van der Waals surface area contributed by atoms with Crippen LogP contribution >= 0.6 is 11.3 Å². The van der Waals surface area contributed by atoms with Crippen molar-refractivity contribution in [3.63, 3.8) is 0 Å². The van der Waals surface area contributed by atoms with Crippen LogP contribution in [0.2, 0.25) is 0 Å². The molecule has 8 nitrogen and oxygen atoms in total. The summed E-state index contributed by atoms with van der Waals surface area (Å²) in [4.78, 5) is 34.4. The number of aromatic nitrogens is 3. The van der Waals surface area contributed by atoms with Gasteiger partial charge in [0, 0.05) is 24.8 Å². The van der Waals surface area contributed by atoms with Gasteiger partial charge in [-0.05, 0) is 36.3 Å². The molecule has 0 fully saturated rings. The van der Waals surface area contributed by atoms with E-state index in [0.717, 1.165) is 16.9 Å². The number of hydrogen-bond acceptors (Lipinski definition) is 8. The molecule has 31 heavy (non-hydrogen) atoms. The van der Waals surface area contributed by atoms with Gasteiger partial charge in [-0.15, -0.1) is 11.3 Å². The molecule has 0 aromatic carbocycles. The number of carbonyl (C=O) groups is 1. The minimum atomic E-state index is -0.790. The van der Waals surface area contributed by atoms with Crippen LogP contribution in [-0.4, -0.2) is 27.1 Å². The van der Waals surface area contributed by atoms with Crippen LogP contribution < -0.4 is 20.5 Å². The number of nitriles is 1. The third-order valence-corrected chi connectivity index (χ3v) is 5.87. The number of nitrogens with two attached hydrogens (primary N) is 1. The molecular formula is C22H17N5O3S. The number of hydrogen-bond donors (Lipinski definition) is 1. The zero-order valence-electron chi connectivity index (χ0n) is 16.5. The second-order valence-corrected chi connectivity index (χ2v) is 7.64. The number of rotatable bonds is 4. The van der Waals surface area contributed by atoms with E-state index in [1.807, 2.05) is 6.07 Å². The Morgan fingerprint density at radius 3 is 2.68 bits per heavy atom. The van der Waals surface area contributed by atoms with E-state index in [-0.39, 0.29) is 23.6 Å². The molecule has 4 heterocycles. The second-order valence-electron chi connectivity index (χ2n) is 6.61. The smallest absolute Gasteiger partial charge is 0.338 e. The van der Waals surface area contributed by atoms with Gasteiger partial charge < -0.3 is 10.5 Å². The van der Waals surface area contributed by atoms with Gasteiger partial charge in [0.1, 0.15) is 10.5 Å². The zero-order valence-corrected chi connectivity index (χ0v) is 17.3. The van der Waals surface area contributed by atoms with Gasteiger partial charge in [-0.1, -0.05) is 12.1 Å². The van der Waals surface area contributed by atoms with Crippen molar-refractivity contribution in [2.45, 2.75) is 12.8 Å². The lowest BCUT2D eigenvalue weighted by molar-refractivity contribution is -0.136. The molecule has 0 radical (unpaired) electrons. The molecular weight excluding hydrogens is 414 g/mol. The summed E-state index contributed by atoms with van der Waals surface area (Å²) in [6.45, 7) is 1.84. The normalized spacial score (nSPS) is 16.1. The van der Waals surface area contributed by atoms with Crippen molar-refractivity contribution in [1.82, 2.24) is 14.5 Å². The van der Waals surface area contributed by atoms with Crippen LogP contribution in [0, 0.1) is 11.3 Å². The summed E-state index contributed by atoms with van der Waals surface area (Å²) in [5, 5.41) is 9.88. The molecule has 0 amide bonds. The fraction of sp³-hybridized carbons (Fsp3) is 0.136. The molecule has 4 rings (SSSR count). The van der Waals surface area contributed by atoms with Gasteiger partial charge in [0.25, 0.3) is 5.56 Å². The molecule has 0 bridgehead atoms. The third kappa shape index (κ3) is 3.53. The van der Waals surface area contributed by atoms with Crippen molar-refractivity contribution < 1.29 is 9.53 Å². The van der Waals surface area contributed by atoms with Gasteiger partial charge in [0.2, 0.25) is 0 Å². The standard InChI is InChI=1S/C22H17N5O3S/c1-2-30-22(29)18-17(14-6-4-8-26-12-14)15(10-23)19(24)27-20(28)16(31-21(18)27)9-13-5-3-7-25-11-13/h3-9,11-12,17H,2,24H2,1H3/t17-/m1/s1. The Morgan fingerprint density at radius 1 is 1.32 bits per heavy atom. The van der Waals surface area contributed by atoms with Gasteiger partial charge in [0.15, 0.2) is 0 Å². The number of ether oxygens (including phenoxy) is 1. The highest BCUT2D eigenvalue weighted by atomic mass is 32.1. The highest BCUT2D eigenvalue weighted by molar-refractivity contribution is 7.07. The van der Waals surface area contributed by atoms with Crippen LogP contribution in [0.3, 0.4) is 0 Å². The first-order chi connectivity index (χ1) is 15.1. The highest BCUT2D eigenvalue weighted by Crippen LogP contribution is 2.36. The molecule has 0 saturated carbocycles. The van der Waals surface area contributed by atoms with E-state index < -0.39 is 17.4 Å². The van der Waals surface area contributed by atoms with Crippen LogP contribution in [0.4, 0.5) is 0 Å². The minimum Gasteiger partial charge on any atom is -0.463 e. The molecule has 0 aliphatic carbocycles. The predicted molar refractivity (Wildman–Crippen MR) is 116 cm³/mol. The number of pyridine rings is 2. The molecule has 0 spiro atoms. The summed E-state index contributed by atoms with van der Waals surface area (Å²) in [5.74, 6) is -1.41. The third-order valence-electron chi connectivity index (χ3n) is 4.76. The first-order valence-corrected chi connectivity index (χ1v) is 10.2. The molecule has 0 saturated heterocycles. The lowest BCUT2D eigenvalue weighted by atomic mass is 9.84. The summed E-state index contributed by atoms with van der Waals surface area (Å²) in [6.07, 6.45) is 8.09. The number of nitrogens with zero attached hydrogens (tertiary/aromatic N) is 4. The number of fused-ring (bicyclic) bond motifs is 1. The van der Waals surface area contributed by atoms with E-state index in [2.05, 4.69) is 16.0 Å². The maximum Gasteiger partial charge on any atom is 0.338 e. The zero-order chi connectivity index (χ0) is 22.0. The molecule has 1 atom stereocenters. The van der Waals surface area contributed by atoms with Crippen molar-refractivity contribution in [1.29, 1.82) is 5.26 Å². The predicted octanol–water partition coefficient (Wildman–Crippen LogP) is 0.691. The van der Waals surface area contributed by atoms with Crippen LogP contribution in [0.15, 0.2) is 59.4 Å². The second kappa shape index (κ2) is 8.38. The average Bonchev–Trinajstić information content (AvgIpc) is 3.11. The maximum absolute atomic E-state index is 13.2. The lowest BCUT2D eigenvalue weighted by Crippen LogP contribution is -2.40. The van der Waals surface area contributed by atoms with Crippen LogP contribution in [-0.2, 0) is 9.53 Å². The van der Waals surface area contributed by atoms with Crippen molar-refractivity contribution in [2.24, 2.45) is 5.73 Å². The average molecular weight is 431 g/mol. The summed E-state index contributed by atoms with van der Waals surface area (Å²) in [7, 11) is 0. The summed E-state index contributed by atoms with van der Waals surface area (Å²) in [6, 6.07) is 9.11. The highest BCUT2D eigenvalue weighted by Gasteiger charge is 2.36. The Kier molecular flexibility index (Phi) is 5.47. The van der Waals surface area contributed by atoms with Crippen LogP contribution in [0.1, 0.15) is 24.0 Å². The van der Waals surface area contributed by atoms with Gasteiger partial charge >= 0.3 is 5.97 Å². The minimum absolute atomic E-state index is 0.00788. The summed E-state index contributed by atoms with van der Waals surface area (Å²) < 4.78 is 7.20. The quantitative estimate of drug-likeness (QED) is 0.603. The van der Waals surface area contributed by atoms with Crippen molar-refractivity contribution in [2.75, 3.05) is 6.61 Å². The van der Waals surface area contributed by atoms with E-state index in [9.17, 15) is 14.9 Å². The van der Waals surface area contributed by atoms with Crippen molar-refractivity contribution in [3.8, 4) is 6.07 Å². The molecule has 3 aromatic rings. The molecule has 1 aliphatic rings. The topological polar surface area (TPSA) is 124 Å². The molecule has 0 unspecified atom stereocenters. The van der Waals surface area contributed by atoms with E-state index in [1.165, 1.54) is 4.57 Å². The lowest BCUT2D eigenvalue weighted by Gasteiger charge is -2.24. The molecule has 2 N–H and O–H groups in total. The van der Waals surface area contributed by atoms with E-state index >= 15 is 0 Å². The van der Waals surface area contributed by atoms with Gasteiger partial charge in [-0.2, -0.15) is 5.26 Å². The van der Waals surface area contributed by atoms with E-state index in [4.69, 9.17) is 10.5 Å². The number of allylic oxidation sites excluding steroid dienone is 1. The monoisotopic (exact) mass is 431 g/mol. The van der Waals surface area contributed by atoms with E-state index in [0.29, 0.717) is 14.8 Å². The molecule has 3 aromatic heterocycles. The van der Waals surface area contributed by atoms with E-state index in [1.54, 1.807) is 56.0 Å². The van der Waals surface area contributed by atoms with Gasteiger partial charge in [-0.25, -0.2) is 4.79 Å². The first-order valence-electron chi connectivity index (χ1n) is 9.41. The van der Waals surface area contributed by atoms with Crippen molar-refractivity contribution in [3.05, 3.63) is 85.3 Å². The molecule has 1 aliphatic heterocycles. The molecule has 9 heteroatoms. The van der Waals surface area contributed by atoms with Crippen molar-refractivity contribution >= 4 is 34.8 Å². The fourth-order valence-corrected chi connectivity index (χ4v) is 4.61. The van der Waals surface area contributed by atoms with Gasteiger partial charge in [0.05, 0.1) is 34.3 Å². The Hall–Kier alpha value is -4.03.